The van der Waals surface area contributed by atoms with Crippen molar-refractivity contribution in [2.75, 3.05) is 13.7 Å². The fraction of sp³-hybridized carbons (Fsp3) is 0.611. The molecule has 24 heavy (non-hydrogen) atoms. The van der Waals surface area contributed by atoms with Gasteiger partial charge in [0.1, 0.15) is 16.4 Å². The van der Waals surface area contributed by atoms with Crippen molar-refractivity contribution in [2.45, 2.75) is 63.7 Å². The van der Waals surface area contributed by atoms with Crippen LogP contribution in [0.2, 0.25) is 0 Å². The van der Waals surface area contributed by atoms with E-state index in [0.717, 1.165) is 19.3 Å². The molecule has 0 aliphatic carbocycles. The number of methoxy groups -OCH3 is 1. The molecule has 0 saturated heterocycles. The Labute approximate surface area is 145 Å². The molecule has 1 N–H and O–H groups in total. The molecule has 0 aromatic heterocycles. The van der Waals surface area contributed by atoms with Gasteiger partial charge in [0, 0.05) is 13.0 Å². The van der Waals surface area contributed by atoms with Gasteiger partial charge in [0.2, 0.25) is 10.0 Å². The van der Waals surface area contributed by atoms with Gasteiger partial charge in [-0.15, -0.1) is 0 Å². The molecule has 0 bridgehead atoms. The summed E-state index contributed by atoms with van der Waals surface area (Å²) in [5, 5.41) is 0. The van der Waals surface area contributed by atoms with Gasteiger partial charge in [-0.2, -0.15) is 0 Å². The van der Waals surface area contributed by atoms with Crippen LogP contribution in [0.15, 0.2) is 23.1 Å². The van der Waals surface area contributed by atoms with Gasteiger partial charge >= 0.3 is 0 Å². The van der Waals surface area contributed by atoms with E-state index in [0.29, 0.717) is 12.1 Å². The number of carbonyl (C=O) groups excluding carboxylic acids is 1. The number of sulfonamides is 1. The van der Waals surface area contributed by atoms with Crippen LogP contribution in [0.4, 0.5) is 0 Å². The normalized spacial score (nSPS) is 11.5. The first kappa shape index (κ1) is 20.6. The first-order valence-electron chi connectivity index (χ1n) is 8.56. The molecule has 0 aliphatic heterocycles. The lowest BCUT2D eigenvalue weighted by atomic mass is 10.1. The van der Waals surface area contributed by atoms with Crippen LogP contribution in [0.5, 0.6) is 5.75 Å². The zero-order chi connectivity index (χ0) is 18.0. The molecule has 0 atom stereocenters. The highest BCUT2D eigenvalue weighted by molar-refractivity contribution is 7.89. The lowest BCUT2D eigenvalue weighted by molar-refractivity contribution is -0.116. The molecule has 0 saturated carbocycles. The largest absolute Gasteiger partial charge is 0.495 e. The summed E-state index contributed by atoms with van der Waals surface area (Å²) in [6.07, 6.45) is 6.80. The lowest BCUT2D eigenvalue weighted by Gasteiger charge is -2.12. The highest BCUT2D eigenvalue weighted by atomic mass is 32.2. The predicted octanol–water partition coefficient (Wildman–Crippen LogP) is 3.47. The Morgan fingerprint density at radius 3 is 2.42 bits per heavy atom. The Balaban J connectivity index is 2.69. The van der Waals surface area contributed by atoms with Crippen molar-refractivity contribution in [1.82, 2.24) is 4.72 Å². The lowest BCUT2D eigenvalue weighted by Crippen LogP contribution is -2.25. The first-order valence-corrected chi connectivity index (χ1v) is 10.0. The molecular formula is C18H29NO4S. The molecule has 0 radical (unpaired) electrons. The summed E-state index contributed by atoms with van der Waals surface area (Å²) in [5.74, 6) is 0.279. The van der Waals surface area contributed by atoms with E-state index in [1.807, 2.05) is 0 Å². The molecule has 0 fully saturated rings. The van der Waals surface area contributed by atoms with Crippen molar-refractivity contribution < 1.29 is 17.9 Å². The van der Waals surface area contributed by atoms with Crippen LogP contribution in [-0.2, 0) is 21.2 Å². The maximum absolute atomic E-state index is 12.5. The van der Waals surface area contributed by atoms with Crippen LogP contribution in [0, 0.1) is 0 Å². The van der Waals surface area contributed by atoms with Gasteiger partial charge in [0.15, 0.2) is 0 Å². The van der Waals surface area contributed by atoms with Gasteiger partial charge in [-0.3, -0.25) is 4.79 Å². The van der Waals surface area contributed by atoms with Crippen LogP contribution in [0.3, 0.4) is 0 Å². The molecule has 0 spiro atoms. The second-order valence-electron chi connectivity index (χ2n) is 6.03. The second kappa shape index (κ2) is 10.5. The molecular weight excluding hydrogens is 326 g/mol. The van der Waals surface area contributed by atoms with Gasteiger partial charge in [-0.1, -0.05) is 45.1 Å². The summed E-state index contributed by atoms with van der Waals surface area (Å²) >= 11 is 0. The Hall–Kier alpha value is -1.40. The maximum Gasteiger partial charge on any atom is 0.244 e. The second-order valence-corrected chi connectivity index (χ2v) is 7.76. The molecule has 0 aliphatic rings. The quantitative estimate of drug-likeness (QED) is 0.583. The van der Waals surface area contributed by atoms with E-state index in [1.165, 1.54) is 39.4 Å². The average Bonchev–Trinajstić information content (AvgIpc) is 2.53. The van der Waals surface area contributed by atoms with Gasteiger partial charge in [-0.25, -0.2) is 13.1 Å². The summed E-state index contributed by atoms with van der Waals surface area (Å²) in [5.41, 5.74) is 0.670. The summed E-state index contributed by atoms with van der Waals surface area (Å²) in [6, 6.07) is 4.83. The SMILES string of the molecule is CCCCCCCCNS(=O)(=O)c1cc(CC(C)=O)ccc1OC. The number of hydrogen-bond donors (Lipinski definition) is 1. The van der Waals surface area contributed by atoms with Crippen molar-refractivity contribution in [1.29, 1.82) is 0 Å². The van der Waals surface area contributed by atoms with Gasteiger partial charge in [0.05, 0.1) is 7.11 Å². The number of hydrogen-bond acceptors (Lipinski definition) is 4. The van der Waals surface area contributed by atoms with E-state index in [4.69, 9.17) is 4.74 Å². The summed E-state index contributed by atoms with van der Waals surface area (Å²) in [6.45, 7) is 4.06. The number of Topliss-reactive ketones (excluding diaryl/α,β-unsaturated/α-hetero) is 1. The molecule has 6 heteroatoms. The van der Waals surface area contributed by atoms with Crippen LogP contribution < -0.4 is 9.46 Å². The van der Waals surface area contributed by atoms with E-state index < -0.39 is 10.0 Å². The third kappa shape index (κ3) is 7.01. The van der Waals surface area contributed by atoms with Crippen molar-refractivity contribution in [3.05, 3.63) is 23.8 Å². The van der Waals surface area contributed by atoms with E-state index in [2.05, 4.69) is 11.6 Å². The van der Waals surface area contributed by atoms with E-state index in [1.54, 1.807) is 12.1 Å². The number of rotatable bonds is 12. The fourth-order valence-electron chi connectivity index (χ4n) is 2.52. The van der Waals surface area contributed by atoms with Gasteiger partial charge < -0.3 is 4.74 Å². The topological polar surface area (TPSA) is 72.5 Å². The Morgan fingerprint density at radius 2 is 1.79 bits per heavy atom. The molecule has 0 amide bonds. The summed E-state index contributed by atoms with van der Waals surface area (Å²) < 4.78 is 32.8. The highest BCUT2D eigenvalue weighted by Crippen LogP contribution is 2.25. The van der Waals surface area contributed by atoms with Crippen LogP contribution >= 0.6 is 0 Å². The monoisotopic (exact) mass is 355 g/mol. The zero-order valence-corrected chi connectivity index (χ0v) is 15.7. The minimum absolute atomic E-state index is 0.0106. The van der Waals surface area contributed by atoms with Crippen LogP contribution in [-0.4, -0.2) is 27.9 Å². The van der Waals surface area contributed by atoms with Crippen LogP contribution in [0.1, 0.15) is 57.9 Å². The van der Waals surface area contributed by atoms with E-state index in [9.17, 15) is 13.2 Å². The molecule has 5 nitrogen and oxygen atoms in total. The van der Waals surface area contributed by atoms with E-state index in [-0.39, 0.29) is 22.8 Å². The van der Waals surface area contributed by atoms with Gasteiger partial charge in [0.25, 0.3) is 0 Å². The molecule has 1 aromatic rings. The Kier molecular flexibility index (Phi) is 9.00. The minimum Gasteiger partial charge on any atom is -0.495 e. The predicted molar refractivity (Wildman–Crippen MR) is 95.9 cm³/mol. The number of unbranched alkanes of at least 4 members (excludes halogenated alkanes) is 5. The zero-order valence-electron chi connectivity index (χ0n) is 14.9. The number of benzene rings is 1. The number of ether oxygens (including phenoxy) is 1. The van der Waals surface area contributed by atoms with Crippen molar-refractivity contribution in [3.63, 3.8) is 0 Å². The van der Waals surface area contributed by atoms with E-state index >= 15 is 0 Å². The standard InChI is InChI=1S/C18H29NO4S/c1-4-5-6-7-8-9-12-19-24(21,22)18-14-16(13-15(2)20)10-11-17(18)23-3/h10-11,14,19H,4-9,12-13H2,1-3H3. The van der Waals surface area contributed by atoms with Crippen molar-refractivity contribution >= 4 is 15.8 Å². The average molecular weight is 356 g/mol. The first-order chi connectivity index (χ1) is 11.4. The molecule has 0 heterocycles. The fourth-order valence-corrected chi connectivity index (χ4v) is 3.81. The maximum atomic E-state index is 12.5. The number of ketones is 1. The Bertz CT molecular complexity index is 626. The molecule has 1 aromatic carbocycles. The number of nitrogens with one attached hydrogen (secondary N) is 1. The van der Waals surface area contributed by atoms with Crippen molar-refractivity contribution in [3.8, 4) is 5.75 Å². The molecule has 136 valence electrons. The molecule has 0 unspecified atom stereocenters. The summed E-state index contributed by atoms with van der Waals surface area (Å²) in [4.78, 5) is 11.3. The molecule has 1 rings (SSSR count). The number of carbonyl (C=O) groups is 1. The minimum atomic E-state index is -3.65. The smallest absolute Gasteiger partial charge is 0.244 e. The van der Waals surface area contributed by atoms with Crippen LogP contribution in [0.25, 0.3) is 0 Å². The van der Waals surface area contributed by atoms with Gasteiger partial charge in [-0.05, 0) is 31.0 Å². The van der Waals surface area contributed by atoms with Crippen molar-refractivity contribution in [2.24, 2.45) is 0 Å². The highest BCUT2D eigenvalue weighted by Gasteiger charge is 2.19. The summed E-state index contributed by atoms with van der Waals surface area (Å²) in [7, 11) is -2.21. The third-order valence-corrected chi connectivity index (χ3v) is 5.28. The third-order valence-electron chi connectivity index (χ3n) is 3.79. The Morgan fingerprint density at radius 1 is 1.12 bits per heavy atom.